The molecule has 1 saturated heterocycles. The van der Waals surface area contributed by atoms with Crippen molar-refractivity contribution >= 4 is 11.6 Å². The zero-order valence-corrected chi connectivity index (χ0v) is 16.8. The number of nitrogens with zero attached hydrogens (tertiary/aromatic N) is 2. The maximum atomic E-state index is 13.0. The number of piperazine rings is 1. The largest absolute Gasteiger partial charge is 0.497 e. The van der Waals surface area contributed by atoms with E-state index in [9.17, 15) is 4.79 Å². The molecule has 28 heavy (non-hydrogen) atoms. The van der Waals surface area contributed by atoms with Gasteiger partial charge in [0.25, 0.3) is 5.91 Å². The summed E-state index contributed by atoms with van der Waals surface area (Å²) < 4.78 is 16.5. The van der Waals surface area contributed by atoms with Crippen LogP contribution in [0.25, 0.3) is 0 Å². The molecule has 0 spiro atoms. The Morgan fingerprint density at radius 3 is 2.32 bits per heavy atom. The van der Waals surface area contributed by atoms with Crippen LogP contribution in [-0.2, 0) is 0 Å². The highest BCUT2D eigenvalue weighted by atomic mass is 16.5. The normalized spacial score (nSPS) is 14.0. The van der Waals surface area contributed by atoms with Crippen molar-refractivity contribution in [2.75, 3.05) is 51.4 Å². The Morgan fingerprint density at radius 2 is 1.64 bits per heavy atom. The van der Waals surface area contributed by atoms with Gasteiger partial charge in [0.05, 0.1) is 20.3 Å². The molecule has 0 radical (unpaired) electrons. The monoisotopic (exact) mass is 384 g/mol. The van der Waals surface area contributed by atoms with Gasteiger partial charge in [0.15, 0.2) is 11.5 Å². The first-order valence-electron chi connectivity index (χ1n) is 9.74. The third-order valence-corrected chi connectivity index (χ3v) is 4.78. The number of methoxy groups -OCH3 is 1. The summed E-state index contributed by atoms with van der Waals surface area (Å²) in [7, 11) is 1.67. The molecule has 3 rings (SSSR count). The van der Waals surface area contributed by atoms with Gasteiger partial charge in [-0.1, -0.05) is 6.07 Å². The van der Waals surface area contributed by atoms with E-state index in [1.807, 2.05) is 49.1 Å². The third kappa shape index (κ3) is 4.50. The van der Waals surface area contributed by atoms with E-state index in [-0.39, 0.29) is 5.91 Å². The van der Waals surface area contributed by atoms with Gasteiger partial charge in [0.2, 0.25) is 0 Å². The topological polar surface area (TPSA) is 51.2 Å². The maximum absolute atomic E-state index is 13.0. The van der Waals surface area contributed by atoms with Crippen molar-refractivity contribution in [2.24, 2.45) is 0 Å². The minimum absolute atomic E-state index is 0.0225. The van der Waals surface area contributed by atoms with E-state index in [1.165, 1.54) is 0 Å². The molecule has 6 heteroatoms. The van der Waals surface area contributed by atoms with Crippen molar-refractivity contribution in [1.29, 1.82) is 0 Å². The SMILES string of the molecule is CCOc1ccc(C(=O)N2CCN(c3cccc(OC)c3)CC2)cc1OCC. The molecule has 1 aliphatic heterocycles. The highest BCUT2D eigenvalue weighted by Gasteiger charge is 2.23. The molecule has 0 aromatic heterocycles. The van der Waals surface area contributed by atoms with Crippen LogP contribution in [0.5, 0.6) is 17.2 Å². The number of amides is 1. The summed E-state index contributed by atoms with van der Waals surface area (Å²) in [5.74, 6) is 2.15. The lowest BCUT2D eigenvalue weighted by Crippen LogP contribution is -2.48. The second-order valence-electron chi connectivity index (χ2n) is 6.51. The van der Waals surface area contributed by atoms with Crippen LogP contribution in [0, 0.1) is 0 Å². The predicted octanol–water partition coefficient (Wildman–Crippen LogP) is 3.46. The second-order valence-corrected chi connectivity index (χ2v) is 6.51. The highest BCUT2D eigenvalue weighted by molar-refractivity contribution is 5.95. The van der Waals surface area contributed by atoms with E-state index >= 15 is 0 Å². The Kier molecular flexibility index (Phi) is 6.63. The molecule has 2 aromatic rings. The number of rotatable bonds is 7. The average molecular weight is 384 g/mol. The lowest BCUT2D eigenvalue weighted by molar-refractivity contribution is 0.0746. The number of ether oxygens (including phenoxy) is 3. The summed E-state index contributed by atoms with van der Waals surface area (Å²) in [6.07, 6.45) is 0. The lowest BCUT2D eigenvalue weighted by Gasteiger charge is -2.36. The summed E-state index contributed by atoms with van der Waals surface area (Å²) >= 11 is 0. The van der Waals surface area contributed by atoms with Crippen molar-refractivity contribution in [3.63, 3.8) is 0 Å². The van der Waals surface area contributed by atoms with Gasteiger partial charge in [-0.2, -0.15) is 0 Å². The molecule has 0 N–H and O–H groups in total. The van der Waals surface area contributed by atoms with Crippen LogP contribution in [-0.4, -0.2) is 57.3 Å². The summed E-state index contributed by atoms with van der Waals surface area (Å²) in [5, 5.41) is 0. The molecule has 1 heterocycles. The molecular weight excluding hydrogens is 356 g/mol. The quantitative estimate of drug-likeness (QED) is 0.732. The standard InChI is InChI=1S/C22H28N2O4/c1-4-27-20-10-9-17(15-21(20)28-5-2)22(25)24-13-11-23(12-14-24)18-7-6-8-19(16-18)26-3/h6-10,15-16H,4-5,11-14H2,1-3H3. The Bertz CT molecular complexity index is 801. The minimum atomic E-state index is 0.0225. The number of benzene rings is 2. The number of anilines is 1. The summed E-state index contributed by atoms with van der Waals surface area (Å²) in [6, 6.07) is 13.4. The Labute approximate surface area is 166 Å². The molecule has 1 amide bonds. The molecule has 0 atom stereocenters. The molecule has 2 aromatic carbocycles. The Morgan fingerprint density at radius 1 is 0.929 bits per heavy atom. The van der Waals surface area contributed by atoms with E-state index in [0.717, 1.165) is 24.5 Å². The van der Waals surface area contributed by atoms with Gasteiger partial charge in [-0.25, -0.2) is 0 Å². The van der Waals surface area contributed by atoms with Crippen LogP contribution >= 0.6 is 0 Å². The Balaban J connectivity index is 1.67. The van der Waals surface area contributed by atoms with Crippen LogP contribution < -0.4 is 19.1 Å². The fourth-order valence-electron chi connectivity index (χ4n) is 3.34. The van der Waals surface area contributed by atoms with Crippen molar-refractivity contribution < 1.29 is 19.0 Å². The van der Waals surface area contributed by atoms with Crippen molar-refractivity contribution in [1.82, 2.24) is 4.90 Å². The van der Waals surface area contributed by atoms with E-state index in [1.54, 1.807) is 13.2 Å². The van der Waals surface area contributed by atoms with Crippen LogP contribution in [0.4, 0.5) is 5.69 Å². The predicted molar refractivity (Wildman–Crippen MR) is 110 cm³/mol. The number of hydrogen-bond donors (Lipinski definition) is 0. The fraction of sp³-hybridized carbons (Fsp3) is 0.409. The third-order valence-electron chi connectivity index (χ3n) is 4.78. The molecule has 0 bridgehead atoms. The van der Waals surface area contributed by atoms with E-state index < -0.39 is 0 Å². The Hall–Kier alpha value is -2.89. The van der Waals surface area contributed by atoms with Gasteiger partial charge in [-0.15, -0.1) is 0 Å². The number of carbonyl (C=O) groups is 1. The molecule has 0 aliphatic carbocycles. The van der Waals surface area contributed by atoms with Gasteiger partial charge in [-0.3, -0.25) is 4.79 Å². The zero-order valence-electron chi connectivity index (χ0n) is 16.8. The highest BCUT2D eigenvalue weighted by Crippen LogP contribution is 2.29. The van der Waals surface area contributed by atoms with E-state index in [0.29, 0.717) is 43.4 Å². The zero-order chi connectivity index (χ0) is 19.9. The first-order chi connectivity index (χ1) is 13.7. The van der Waals surface area contributed by atoms with Crippen molar-refractivity contribution in [3.05, 3.63) is 48.0 Å². The smallest absolute Gasteiger partial charge is 0.254 e. The molecule has 150 valence electrons. The molecule has 1 fully saturated rings. The van der Waals surface area contributed by atoms with Crippen LogP contribution in [0.3, 0.4) is 0 Å². The lowest BCUT2D eigenvalue weighted by atomic mass is 10.1. The number of hydrogen-bond acceptors (Lipinski definition) is 5. The second kappa shape index (κ2) is 9.35. The maximum Gasteiger partial charge on any atom is 0.254 e. The molecule has 0 saturated carbocycles. The van der Waals surface area contributed by atoms with Gasteiger partial charge in [0.1, 0.15) is 5.75 Å². The molecule has 1 aliphatic rings. The molecule has 0 unspecified atom stereocenters. The van der Waals surface area contributed by atoms with Gasteiger partial charge in [-0.05, 0) is 44.2 Å². The van der Waals surface area contributed by atoms with Gasteiger partial charge < -0.3 is 24.0 Å². The van der Waals surface area contributed by atoms with Crippen LogP contribution in [0.15, 0.2) is 42.5 Å². The first-order valence-corrected chi connectivity index (χ1v) is 9.74. The molecule has 6 nitrogen and oxygen atoms in total. The van der Waals surface area contributed by atoms with Crippen molar-refractivity contribution in [3.8, 4) is 17.2 Å². The summed E-state index contributed by atoms with van der Waals surface area (Å²) in [4.78, 5) is 17.1. The summed E-state index contributed by atoms with van der Waals surface area (Å²) in [5.41, 5.74) is 1.74. The van der Waals surface area contributed by atoms with Crippen LogP contribution in [0.2, 0.25) is 0 Å². The molecular formula is C22H28N2O4. The van der Waals surface area contributed by atoms with E-state index in [2.05, 4.69) is 11.0 Å². The number of carbonyl (C=O) groups excluding carboxylic acids is 1. The minimum Gasteiger partial charge on any atom is -0.497 e. The van der Waals surface area contributed by atoms with E-state index in [4.69, 9.17) is 14.2 Å². The van der Waals surface area contributed by atoms with Gasteiger partial charge in [0, 0.05) is 43.5 Å². The summed E-state index contributed by atoms with van der Waals surface area (Å²) in [6.45, 7) is 7.85. The fourth-order valence-corrected chi connectivity index (χ4v) is 3.34. The average Bonchev–Trinajstić information content (AvgIpc) is 2.75. The first kappa shape index (κ1) is 19.9. The van der Waals surface area contributed by atoms with Crippen LogP contribution in [0.1, 0.15) is 24.2 Å². The van der Waals surface area contributed by atoms with Gasteiger partial charge >= 0.3 is 0 Å². The van der Waals surface area contributed by atoms with Crippen molar-refractivity contribution in [2.45, 2.75) is 13.8 Å².